The van der Waals surface area contributed by atoms with Crippen LogP contribution in [0.1, 0.15) is 45.4 Å². The Labute approximate surface area is 86.4 Å². The molecule has 1 saturated carbocycles. The quantitative estimate of drug-likeness (QED) is 0.700. The summed E-state index contributed by atoms with van der Waals surface area (Å²) < 4.78 is 24.1. The molecular weight excluding hydrogens is 200 g/mol. The van der Waals surface area contributed by atoms with E-state index in [0.29, 0.717) is 5.92 Å². The largest absolute Gasteiger partial charge is 0.274 e. The summed E-state index contributed by atoms with van der Waals surface area (Å²) in [5.41, 5.74) is 0. The normalized spacial score (nSPS) is 23.0. The van der Waals surface area contributed by atoms with Gasteiger partial charge in [0.25, 0.3) is 10.2 Å². The molecule has 14 heavy (non-hydrogen) atoms. The molecule has 1 aliphatic carbocycles. The van der Waals surface area contributed by atoms with Gasteiger partial charge in [0.15, 0.2) is 0 Å². The van der Waals surface area contributed by atoms with Crippen molar-refractivity contribution < 1.29 is 8.42 Å². The van der Waals surface area contributed by atoms with Crippen molar-refractivity contribution in [3.05, 3.63) is 0 Å². The first-order chi connectivity index (χ1) is 6.49. The number of hydrogen-bond acceptors (Lipinski definition) is 2. The maximum absolute atomic E-state index is 10.8. The summed E-state index contributed by atoms with van der Waals surface area (Å²) in [6.45, 7) is 1.90. The average Bonchev–Trinajstić information content (AvgIpc) is 2.27. The van der Waals surface area contributed by atoms with Gasteiger partial charge in [0.05, 0.1) is 0 Å². The van der Waals surface area contributed by atoms with Gasteiger partial charge in [-0.15, -0.1) is 0 Å². The Kier molecular flexibility index (Phi) is 4.34. The third kappa shape index (κ3) is 4.39. The van der Waals surface area contributed by atoms with Gasteiger partial charge in [0.2, 0.25) is 0 Å². The highest BCUT2D eigenvalue weighted by molar-refractivity contribution is 7.87. The Morgan fingerprint density at radius 1 is 1.21 bits per heavy atom. The van der Waals surface area contributed by atoms with Gasteiger partial charge in [0, 0.05) is 6.04 Å². The van der Waals surface area contributed by atoms with Gasteiger partial charge in [-0.3, -0.25) is 0 Å². The maximum Gasteiger partial charge on any atom is 0.274 e. The van der Waals surface area contributed by atoms with E-state index in [1.165, 1.54) is 25.7 Å². The minimum atomic E-state index is -3.53. The molecule has 1 rings (SSSR count). The predicted octanol–water partition coefficient (Wildman–Crippen LogP) is 1.14. The lowest BCUT2D eigenvalue weighted by molar-refractivity contribution is 0.371. The molecule has 0 aliphatic heterocycles. The molecule has 0 aromatic carbocycles. The Hall–Kier alpha value is -0.130. The SMILES string of the molecule is C[C@@H](NS(N)(=O)=O)C1CCCCCC1. The molecule has 1 aliphatic rings. The van der Waals surface area contributed by atoms with Crippen molar-refractivity contribution in [1.29, 1.82) is 0 Å². The van der Waals surface area contributed by atoms with Crippen molar-refractivity contribution in [2.45, 2.75) is 51.5 Å². The number of rotatable bonds is 3. The van der Waals surface area contributed by atoms with Crippen LogP contribution < -0.4 is 9.86 Å². The fourth-order valence-corrected chi connectivity index (χ4v) is 2.88. The summed E-state index contributed by atoms with van der Waals surface area (Å²) in [6.07, 6.45) is 7.20. The van der Waals surface area contributed by atoms with Crippen LogP contribution in [0.25, 0.3) is 0 Å². The fraction of sp³-hybridized carbons (Fsp3) is 1.00. The van der Waals surface area contributed by atoms with Crippen molar-refractivity contribution in [3.63, 3.8) is 0 Å². The zero-order valence-electron chi connectivity index (χ0n) is 8.70. The van der Waals surface area contributed by atoms with E-state index in [1.807, 2.05) is 6.92 Å². The van der Waals surface area contributed by atoms with Gasteiger partial charge in [-0.1, -0.05) is 25.7 Å². The van der Waals surface area contributed by atoms with Crippen molar-refractivity contribution in [3.8, 4) is 0 Å². The summed E-state index contributed by atoms with van der Waals surface area (Å²) >= 11 is 0. The molecule has 0 aromatic heterocycles. The van der Waals surface area contributed by atoms with E-state index in [2.05, 4.69) is 4.72 Å². The molecule has 0 spiro atoms. The first-order valence-corrected chi connectivity index (χ1v) is 6.84. The molecular formula is C9H20N2O2S. The van der Waals surface area contributed by atoms with Gasteiger partial charge >= 0.3 is 0 Å². The van der Waals surface area contributed by atoms with Crippen LogP contribution in [0.3, 0.4) is 0 Å². The van der Waals surface area contributed by atoms with Crippen LogP contribution in [0, 0.1) is 5.92 Å². The van der Waals surface area contributed by atoms with Crippen LogP contribution in [0.5, 0.6) is 0 Å². The molecule has 0 amide bonds. The minimum Gasteiger partial charge on any atom is -0.216 e. The zero-order chi connectivity index (χ0) is 10.6. The molecule has 0 bridgehead atoms. The van der Waals surface area contributed by atoms with Crippen molar-refractivity contribution in [2.24, 2.45) is 11.1 Å². The molecule has 0 saturated heterocycles. The van der Waals surface area contributed by atoms with E-state index >= 15 is 0 Å². The van der Waals surface area contributed by atoms with Crippen LogP contribution in [-0.2, 0) is 10.2 Å². The molecule has 0 heterocycles. The highest BCUT2D eigenvalue weighted by Crippen LogP contribution is 2.25. The first-order valence-electron chi connectivity index (χ1n) is 5.29. The first kappa shape index (κ1) is 11.9. The number of nitrogens with two attached hydrogens (primary N) is 1. The maximum atomic E-state index is 10.8. The van der Waals surface area contributed by atoms with Crippen molar-refractivity contribution in [1.82, 2.24) is 4.72 Å². The molecule has 5 heteroatoms. The fourth-order valence-electron chi connectivity index (χ4n) is 2.17. The van der Waals surface area contributed by atoms with Gasteiger partial charge < -0.3 is 0 Å². The molecule has 0 radical (unpaired) electrons. The van der Waals surface area contributed by atoms with E-state index in [9.17, 15) is 8.42 Å². The topological polar surface area (TPSA) is 72.2 Å². The number of nitrogens with one attached hydrogen (secondary N) is 1. The summed E-state index contributed by atoms with van der Waals surface area (Å²) in [4.78, 5) is 0. The Morgan fingerprint density at radius 3 is 2.14 bits per heavy atom. The highest BCUT2D eigenvalue weighted by atomic mass is 32.2. The van der Waals surface area contributed by atoms with Crippen LogP contribution in [0.2, 0.25) is 0 Å². The van der Waals surface area contributed by atoms with Crippen LogP contribution in [0.4, 0.5) is 0 Å². The van der Waals surface area contributed by atoms with Crippen LogP contribution in [-0.4, -0.2) is 14.5 Å². The lowest BCUT2D eigenvalue weighted by Crippen LogP contribution is -2.41. The second kappa shape index (κ2) is 5.09. The van der Waals surface area contributed by atoms with Gasteiger partial charge in [-0.05, 0) is 25.7 Å². The van der Waals surface area contributed by atoms with Gasteiger partial charge in [0.1, 0.15) is 0 Å². The van der Waals surface area contributed by atoms with Crippen molar-refractivity contribution >= 4 is 10.2 Å². The Morgan fingerprint density at radius 2 is 1.71 bits per heavy atom. The number of hydrogen-bond donors (Lipinski definition) is 2. The highest BCUT2D eigenvalue weighted by Gasteiger charge is 2.21. The van der Waals surface area contributed by atoms with Crippen LogP contribution in [0.15, 0.2) is 0 Å². The lowest BCUT2D eigenvalue weighted by Gasteiger charge is -2.22. The predicted molar refractivity (Wildman–Crippen MR) is 56.9 cm³/mol. The van der Waals surface area contributed by atoms with Gasteiger partial charge in [-0.2, -0.15) is 13.1 Å². The molecule has 4 nitrogen and oxygen atoms in total. The minimum absolute atomic E-state index is 0.0249. The Balaban J connectivity index is 2.45. The van der Waals surface area contributed by atoms with E-state index in [1.54, 1.807) is 0 Å². The zero-order valence-corrected chi connectivity index (χ0v) is 9.52. The Bertz CT molecular complexity index is 256. The third-order valence-electron chi connectivity index (χ3n) is 2.96. The average molecular weight is 220 g/mol. The van der Waals surface area contributed by atoms with E-state index in [0.717, 1.165) is 12.8 Å². The summed E-state index contributed by atoms with van der Waals surface area (Å²) in [5.74, 6) is 0.454. The van der Waals surface area contributed by atoms with E-state index in [4.69, 9.17) is 5.14 Å². The molecule has 3 N–H and O–H groups in total. The van der Waals surface area contributed by atoms with Gasteiger partial charge in [-0.25, -0.2) is 5.14 Å². The summed E-state index contributed by atoms with van der Waals surface area (Å²) in [6, 6.07) is -0.0249. The monoisotopic (exact) mass is 220 g/mol. The third-order valence-corrected chi connectivity index (χ3v) is 3.66. The summed E-state index contributed by atoms with van der Waals surface area (Å²) in [5, 5.41) is 4.94. The van der Waals surface area contributed by atoms with E-state index < -0.39 is 10.2 Å². The smallest absolute Gasteiger partial charge is 0.216 e. The second-order valence-corrected chi connectivity index (χ2v) is 5.53. The van der Waals surface area contributed by atoms with Crippen molar-refractivity contribution in [2.75, 3.05) is 0 Å². The molecule has 1 atom stereocenters. The molecule has 0 unspecified atom stereocenters. The lowest BCUT2D eigenvalue weighted by atomic mass is 9.94. The van der Waals surface area contributed by atoms with Crippen LogP contribution >= 0.6 is 0 Å². The molecule has 84 valence electrons. The second-order valence-electron chi connectivity index (χ2n) is 4.20. The molecule has 1 fully saturated rings. The standard InChI is InChI=1S/C9H20N2O2S/c1-8(11-14(10,12)13)9-6-4-2-3-5-7-9/h8-9,11H,2-7H2,1H3,(H2,10,12,13)/t8-/m1/s1. The summed E-state index contributed by atoms with van der Waals surface area (Å²) in [7, 11) is -3.53. The molecule has 0 aromatic rings. The van der Waals surface area contributed by atoms with E-state index in [-0.39, 0.29) is 6.04 Å².